The molecule has 0 amide bonds. The molecule has 1 fully saturated rings. The summed E-state index contributed by atoms with van der Waals surface area (Å²) in [6.45, 7) is 1.47. The zero-order valence-electron chi connectivity index (χ0n) is 10.3. The highest BCUT2D eigenvalue weighted by Gasteiger charge is 2.30. The predicted molar refractivity (Wildman–Crippen MR) is 63.6 cm³/mol. The van der Waals surface area contributed by atoms with Crippen LogP contribution in [0.15, 0.2) is 24.3 Å². The third-order valence-electron chi connectivity index (χ3n) is 3.13. The van der Waals surface area contributed by atoms with Crippen LogP contribution in [0.4, 0.5) is 13.2 Å². The van der Waals surface area contributed by atoms with Crippen molar-refractivity contribution in [2.24, 2.45) is 0 Å². The first-order valence-electron chi connectivity index (χ1n) is 6.13. The second-order valence-corrected chi connectivity index (χ2v) is 4.61. The zero-order valence-corrected chi connectivity index (χ0v) is 10.3. The van der Waals surface area contributed by atoms with E-state index in [1.807, 2.05) is 0 Å². The monoisotopic (exact) mass is 275 g/mol. The lowest BCUT2D eigenvalue weighted by Gasteiger charge is -2.16. The largest absolute Gasteiger partial charge is 0.416 e. The average molecular weight is 275 g/mol. The molecular weight excluding hydrogens is 259 g/mol. The number of ether oxygens (including phenoxy) is 1. The summed E-state index contributed by atoms with van der Waals surface area (Å²) in [7, 11) is 0. The molecule has 0 aromatic heterocycles. The van der Waals surface area contributed by atoms with E-state index in [1.54, 1.807) is 0 Å². The van der Waals surface area contributed by atoms with Crippen molar-refractivity contribution in [3.8, 4) is 0 Å². The molecule has 19 heavy (non-hydrogen) atoms. The molecule has 1 aliphatic rings. The van der Waals surface area contributed by atoms with Gasteiger partial charge >= 0.3 is 6.18 Å². The quantitative estimate of drug-likeness (QED) is 0.884. The van der Waals surface area contributed by atoms with Crippen molar-refractivity contribution in [2.45, 2.75) is 24.7 Å². The third-order valence-corrected chi connectivity index (χ3v) is 3.13. The number of hydrogen-bond acceptors (Lipinski definition) is 3. The summed E-state index contributed by atoms with van der Waals surface area (Å²) in [5.74, 6) is 0. The van der Waals surface area contributed by atoms with Crippen molar-refractivity contribution in [3.63, 3.8) is 0 Å². The van der Waals surface area contributed by atoms with E-state index < -0.39 is 17.8 Å². The van der Waals surface area contributed by atoms with Gasteiger partial charge in [-0.05, 0) is 24.1 Å². The summed E-state index contributed by atoms with van der Waals surface area (Å²) in [6.07, 6.45) is -4.49. The first-order chi connectivity index (χ1) is 8.97. The van der Waals surface area contributed by atoms with Gasteiger partial charge in [-0.25, -0.2) is 0 Å². The van der Waals surface area contributed by atoms with E-state index in [1.165, 1.54) is 12.1 Å². The van der Waals surface area contributed by atoms with Crippen LogP contribution in [0, 0.1) is 0 Å². The van der Waals surface area contributed by atoms with Crippen molar-refractivity contribution in [1.29, 1.82) is 0 Å². The summed E-state index contributed by atoms with van der Waals surface area (Å²) >= 11 is 0. The van der Waals surface area contributed by atoms with Crippen molar-refractivity contribution < 1.29 is 23.0 Å². The molecule has 1 aromatic rings. The molecule has 0 spiro atoms. The Kier molecular flexibility index (Phi) is 4.44. The van der Waals surface area contributed by atoms with Gasteiger partial charge in [0.05, 0.1) is 18.3 Å². The summed E-state index contributed by atoms with van der Waals surface area (Å²) < 4.78 is 42.8. The Bertz CT molecular complexity index is 417. The van der Waals surface area contributed by atoms with E-state index in [0.717, 1.165) is 18.6 Å². The average Bonchev–Trinajstić information content (AvgIpc) is 2.88. The molecule has 6 heteroatoms. The molecule has 1 aromatic carbocycles. The molecule has 2 N–H and O–H groups in total. The lowest BCUT2D eigenvalue weighted by atomic mass is 10.1. The second kappa shape index (κ2) is 5.90. The fraction of sp³-hybridized carbons (Fsp3) is 0.538. The second-order valence-electron chi connectivity index (χ2n) is 4.61. The van der Waals surface area contributed by atoms with Crippen LogP contribution in [0.3, 0.4) is 0 Å². The summed E-state index contributed by atoms with van der Waals surface area (Å²) in [4.78, 5) is 0. The van der Waals surface area contributed by atoms with E-state index in [4.69, 9.17) is 4.74 Å². The van der Waals surface area contributed by atoms with Gasteiger partial charge in [-0.1, -0.05) is 12.1 Å². The van der Waals surface area contributed by atoms with Gasteiger partial charge in [0, 0.05) is 19.2 Å². The normalized spacial score (nSPS) is 21.6. The van der Waals surface area contributed by atoms with Gasteiger partial charge < -0.3 is 15.2 Å². The number of hydrogen-bond donors (Lipinski definition) is 2. The lowest BCUT2D eigenvalue weighted by molar-refractivity contribution is -0.137. The molecule has 0 saturated carbocycles. The molecule has 0 bridgehead atoms. The summed E-state index contributed by atoms with van der Waals surface area (Å²) in [5, 5.41) is 13.0. The van der Waals surface area contributed by atoms with E-state index in [-0.39, 0.29) is 18.2 Å². The molecule has 2 rings (SSSR count). The van der Waals surface area contributed by atoms with Crippen LogP contribution >= 0.6 is 0 Å². The highest BCUT2D eigenvalue weighted by atomic mass is 19.4. The fourth-order valence-electron chi connectivity index (χ4n) is 2.01. The van der Waals surface area contributed by atoms with Gasteiger partial charge in [-0.2, -0.15) is 13.2 Å². The number of benzene rings is 1. The van der Waals surface area contributed by atoms with Crippen molar-refractivity contribution >= 4 is 0 Å². The molecule has 0 aliphatic carbocycles. The molecule has 2 unspecified atom stereocenters. The molecule has 1 aliphatic heterocycles. The van der Waals surface area contributed by atoms with Crippen molar-refractivity contribution in [3.05, 3.63) is 35.4 Å². The first-order valence-corrected chi connectivity index (χ1v) is 6.13. The Hall–Kier alpha value is -1.11. The van der Waals surface area contributed by atoms with Crippen LogP contribution in [-0.2, 0) is 10.9 Å². The van der Waals surface area contributed by atoms with Crippen LogP contribution in [0.2, 0.25) is 0 Å². The van der Waals surface area contributed by atoms with Gasteiger partial charge in [0.2, 0.25) is 0 Å². The lowest BCUT2D eigenvalue weighted by Crippen LogP contribution is -2.33. The number of aliphatic hydroxyl groups is 1. The third kappa shape index (κ3) is 3.92. The van der Waals surface area contributed by atoms with E-state index >= 15 is 0 Å². The smallest absolute Gasteiger partial charge is 0.387 e. The SMILES string of the molecule is OC(CNC1CCOC1)c1cccc(C(F)(F)F)c1. The fourth-order valence-corrected chi connectivity index (χ4v) is 2.01. The van der Waals surface area contributed by atoms with Gasteiger partial charge in [0.25, 0.3) is 0 Å². The molecule has 1 heterocycles. The number of alkyl halides is 3. The van der Waals surface area contributed by atoms with Gasteiger partial charge in [-0.3, -0.25) is 0 Å². The number of aliphatic hydroxyl groups excluding tert-OH is 1. The molecule has 1 saturated heterocycles. The first kappa shape index (κ1) is 14.3. The molecule has 106 valence electrons. The molecule has 3 nitrogen and oxygen atoms in total. The standard InChI is InChI=1S/C13H16F3NO2/c14-13(15,16)10-3-1-2-9(6-10)12(18)7-17-11-4-5-19-8-11/h1-3,6,11-12,17-18H,4-5,7-8H2. The molecule has 2 atom stereocenters. The Morgan fingerprint density at radius 1 is 1.42 bits per heavy atom. The maximum Gasteiger partial charge on any atom is 0.416 e. The summed E-state index contributed by atoms with van der Waals surface area (Å²) in [6, 6.07) is 4.94. The molecular formula is C13H16F3NO2. The highest BCUT2D eigenvalue weighted by Crippen LogP contribution is 2.30. The van der Waals surface area contributed by atoms with E-state index in [0.29, 0.717) is 13.2 Å². The van der Waals surface area contributed by atoms with Crippen molar-refractivity contribution in [2.75, 3.05) is 19.8 Å². The Morgan fingerprint density at radius 2 is 2.21 bits per heavy atom. The van der Waals surface area contributed by atoms with Gasteiger partial charge in [0.15, 0.2) is 0 Å². The van der Waals surface area contributed by atoms with Crippen molar-refractivity contribution in [1.82, 2.24) is 5.32 Å². The van der Waals surface area contributed by atoms with Crippen LogP contribution in [-0.4, -0.2) is 30.9 Å². The maximum absolute atomic E-state index is 12.5. The Labute approximate surface area is 109 Å². The highest BCUT2D eigenvalue weighted by molar-refractivity contribution is 5.27. The number of nitrogens with one attached hydrogen (secondary N) is 1. The Morgan fingerprint density at radius 3 is 2.84 bits per heavy atom. The minimum absolute atomic E-state index is 0.167. The van der Waals surface area contributed by atoms with Crippen LogP contribution in [0.5, 0.6) is 0 Å². The minimum Gasteiger partial charge on any atom is -0.387 e. The number of rotatable bonds is 4. The van der Waals surface area contributed by atoms with E-state index in [9.17, 15) is 18.3 Å². The minimum atomic E-state index is -4.39. The molecule has 0 radical (unpaired) electrons. The van der Waals surface area contributed by atoms with Gasteiger partial charge in [0.1, 0.15) is 0 Å². The predicted octanol–water partition coefficient (Wildman–Crippen LogP) is 2.12. The Balaban J connectivity index is 1.96. The summed E-state index contributed by atoms with van der Waals surface area (Å²) in [5.41, 5.74) is -0.477. The van der Waals surface area contributed by atoms with Crippen LogP contribution < -0.4 is 5.32 Å². The van der Waals surface area contributed by atoms with E-state index in [2.05, 4.69) is 5.32 Å². The number of halogens is 3. The van der Waals surface area contributed by atoms with Crippen LogP contribution in [0.25, 0.3) is 0 Å². The zero-order chi connectivity index (χ0) is 13.9. The maximum atomic E-state index is 12.5. The van der Waals surface area contributed by atoms with Crippen LogP contribution in [0.1, 0.15) is 23.7 Å². The topological polar surface area (TPSA) is 41.5 Å². The van der Waals surface area contributed by atoms with Gasteiger partial charge in [-0.15, -0.1) is 0 Å².